The average molecular weight is 353 g/mol. The molecule has 24 heavy (non-hydrogen) atoms. The number of amides is 2. The van der Waals surface area contributed by atoms with Crippen LogP contribution in [0.2, 0.25) is 0 Å². The highest BCUT2D eigenvalue weighted by molar-refractivity contribution is 7.89. The maximum Gasteiger partial charge on any atom is 0.262 e. The minimum absolute atomic E-state index is 0.0529. The highest BCUT2D eigenvalue weighted by Gasteiger charge is 2.29. The molecule has 3 rings (SSSR count). The van der Waals surface area contributed by atoms with E-state index in [-0.39, 0.29) is 29.9 Å². The summed E-state index contributed by atoms with van der Waals surface area (Å²) in [6.07, 6.45) is 0.587. The molecule has 1 N–H and O–H groups in total. The molecule has 0 unspecified atom stereocenters. The van der Waals surface area contributed by atoms with E-state index in [1.54, 1.807) is 11.0 Å². The van der Waals surface area contributed by atoms with Crippen LogP contribution in [-0.2, 0) is 19.6 Å². The lowest BCUT2D eigenvalue weighted by Crippen LogP contribution is -2.36. The highest BCUT2D eigenvalue weighted by Crippen LogP contribution is 2.31. The van der Waals surface area contributed by atoms with Crippen LogP contribution in [0.1, 0.15) is 13.3 Å². The van der Waals surface area contributed by atoms with E-state index < -0.39 is 10.0 Å². The lowest BCUT2D eigenvalue weighted by molar-refractivity contribution is -0.128. The fourth-order valence-electron chi connectivity index (χ4n) is 2.82. The van der Waals surface area contributed by atoms with Crippen molar-refractivity contribution in [2.24, 2.45) is 0 Å². The number of carbonyl (C=O) groups is 2. The molecule has 0 saturated carbocycles. The molecule has 9 heteroatoms. The Morgan fingerprint density at radius 3 is 2.75 bits per heavy atom. The second kappa shape index (κ2) is 6.40. The zero-order valence-electron chi connectivity index (χ0n) is 13.3. The summed E-state index contributed by atoms with van der Waals surface area (Å²) in [6.45, 7) is 2.94. The van der Waals surface area contributed by atoms with E-state index in [9.17, 15) is 18.0 Å². The van der Waals surface area contributed by atoms with Crippen molar-refractivity contribution < 1.29 is 22.7 Å². The lowest BCUT2D eigenvalue weighted by atomic mass is 10.2. The third-order valence-corrected chi connectivity index (χ3v) is 6.02. The fourth-order valence-corrected chi connectivity index (χ4v) is 4.32. The fraction of sp³-hybridized carbons (Fsp3) is 0.467. The SMILES string of the molecule is CC(=O)N1CCCN(S(=O)(=O)c2ccc3c(c2)NC(=O)CO3)CC1. The van der Waals surface area contributed by atoms with Gasteiger partial charge in [-0.2, -0.15) is 4.31 Å². The molecule has 0 aromatic heterocycles. The van der Waals surface area contributed by atoms with Crippen LogP contribution in [-0.4, -0.2) is 62.2 Å². The van der Waals surface area contributed by atoms with E-state index >= 15 is 0 Å². The van der Waals surface area contributed by atoms with Crippen LogP contribution in [0.25, 0.3) is 0 Å². The molecule has 1 saturated heterocycles. The molecule has 0 aliphatic carbocycles. The van der Waals surface area contributed by atoms with Gasteiger partial charge in [0.25, 0.3) is 5.91 Å². The molecule has 0 radical (unpaired) electrons. The second-order valence-corrected chi connectivity index (χ2v) is 7.70. The molecule has 0 spiro atoms. The lowest BCUT2D eigenvalue weighted by Gasteiger charge is -2.23. The third kappa shape index (κ3) is 3.22. The first kappa shape index (κ1) is 16.7. The van der Waals surface area contributed by atoms with Gasteiger partial charge in [-0.15, -0.1) is 0 Å². The van der Waals surface area contributed by atoms with Gasteiger partial charge < -0.3 is 15.0 Å². The van der Waals surface area contributed by atoms with Crippen molar-refractivity contribution in [3.05, 3.63) is 18.2 Å². The number of hydrogen-bond acceptors (Lipinski definition) is 5. The third-order valence-electron chi connectivity index (χ3n) is 4.12. The Morgan fingerprint density at radius 1 is 1.21 bits per heavy atom. The van der Waals surface area contributed by atoms with Crippen molar-refractivity contribution in [3.8, 4) is 5.75 Å². The molecule has 2 heterocycles. The van der Waals surface area contributed by atoms with Crippen LogP contribution < -0.4 is 10.1 Å². The number of sulfonamides is 1. The maximum absolute atomic E-state index is 12.9. The summed E-state index contributed by atoms with van der Waals surface area (Å²) in [5, 5.41) is 2.61. The predicted octanol–water partition coefficient (Wildman–Crippen LogP) is 0.260. The normalized spacial score (nSPS) is 19.0. The molecule has 130 valence electrons. The standard InChI is InChI=1S/C15H19N3O5S/c1-11(19)17-5-2-6-18(8-7-17)24(21,22)12-3-4-14-13(9-12)16-15(20)10-23-14/h3-4,9H,2,5-8,10H2,1H3,(H,16,20). The number of hydrogen-bond donors (Lipinski definition) is 1. The van der Waals surface area contributed by atoms with E-state index in [0.717, 1.165) is 0 Å². The number of fused-ring (bicyclic) bond motifs is 1. The number of nitrogens with one attached hydrogen (secondary N) is 1. The summed E-state index contributed by atoms with van der Waals surface area (Å²) in [5.74, 6) is 0.0824. The molecule has 2 aliphatic heterocycles. The van der Waals surface area contributed by atoms with Crippen molar-refractivity contribution in [2.45, 2.75) is 18.2 Å². The Balaban J connectivity index is 1.84. The zero-order valence-corrected chi connectivity index (χ0v) is 14.1. The molecule has 8 nitrogen and oxygen atoms in total. The summed E-state index contributed by atoms with van der Waals surface area (Å²) in [7, 11) is -3.70. The molecule has 2 amide bonds. The summed E-state index contributed by atoms with van der Waals surface area (Å²) in [4.78, 5) is 24.6. The van der Waals surface area contributed by atoms with Crippen molar-refractivity contribution in [1.82, 2.24) is 9.21 Å². The van der Waals surface area contributed by atoms with Gasteiger partial charge >= 0.3 is 0 Å². The van der Waals surface area contributed by atoms with Crippen molar-refractivity contribution in [2.75, 3.05) is 38.1 Å². The minimum atomic E-state index is -3.70. The first-order valence-corrected chi connectivity index (χ1v) is 9.14. The Kier molecular flexibility index (Phi) is 4.46. The monoisotopic (exact) mass is 353 g/mol. The van der Waals surface area contributed by atoms with Gasteiger partial charge in [0.2, 0.25) is 15.9 Å². The number of ether oxygens (including phenoxy) is 1. The first-order valence-electron chi connectivity index (χ1n) is 7.70. The first-order chi connectivity index (χ1) is 11.4. The van der Waals surface area contributed by atoms with E-state index in [2.05, 4.69) is 5.32 Å². The maximum atomic E-state index is 12.9. The van der Waals surface area contributed by atoms with Crippen LogP contribution in [0.5, 0.6) is 5.75 Å². The van der Waals surface area contributed by atoms with Gasteiger partial charge in [0.05, 0.1) is 10.6 Å². The highest BCUT2D eigenvalue weighted by atomic mass is 32.2. The van der Waals surface area contributed by atoms with E-state index in [4.69, 9.17) is 4.74 Å². The van der Waals surface area contributed by atoms with Crippen LogP contribution in [0.4, 0.5) is 5.69 Å². The quantitative estimate of drug-likeness (QED) is 0.823. The summed E-state index contributed by atoms with van der Waals surface area (Å²) in [5.41, 5.74) is 0.354. The van der Waals surface area contributed by atoms with Crippen molar-refractivity contribution >= 4 is 27.5 Å². The van der Waals surface area contributed by atoms with Crippen LogP contribution in [0.3, 0.4) is 0 Å². The van der Waals surface area contributed by atoms with Gasteiger partial charge in [-0.1, -0.05) is 0 Å². The molecule has 0 bridgehead atoms. The number of anilines is 1. The van der Waals surface area contributed by atoms with Gasteiger partial charge in [0.1, 0.15) is 5.75 Å². The van der Waals surface area contributed by atoms with Gasteiger partial charge in [0.15, 0.2) is 6.61 Å². The number of carbonyl (C=O) groups excluding carboxylic acids is 2. The molecule has 1 aromatic rings. The summed E-state index contributed by atoms with van der Waals surface area (Å²) < 4.78 is 32.3. The van der Waals surface area contributed by atoms with Gasteiger partial charge in [0, 0.05) is 33.1 Å². The topological polar surface area (TPSA) is 96.0 Å². The average Bonchev–Trinajstić information content (AvgIpc) is 2.80. The molecule has 0 atom stereocenters. The number of nitrogens with zero attached hydrogens (tertiary/aromatic N) is 2. The zero-order chi connectivity index (χ0) is 17.3. The van der Waals surface area contributed by atoms with E-state index in [0.29, 0.717) is 37.5 Å². The Morgan fingerprint density at radius 2 is 2.00 bits per heavy atom. The largest absolute Gasteiger partial charge is 0.482 e. The molecule has 1 aromatic carbocycles. The van der Waals surface area contributed by atoms with Crippen molar-refractivity contribution in [1.29, 1.82) is 0 Å². The van der Waals surface area contributed by atoms with Crippen LogP contribution in [0.15, 0.2) is 23.1 Å². The Hall–Kier alpha value is -2.13. The van der Waals surface area contributed by atoms with Crippen molar-refractivity contribution in [3.63, 3.8) is 0 Å². The van der Waals surface area contributed by atoms with Crippen LogP contribution >= 0.6 is 0 Å². The van der Waals surface area contributed by atoms with E-state index in [1.807, 2.05) is 0 Å². The Bertz CT molecular complexity index is 777. The van der Waals surface area contributed by atoms with E-state index in [1.165, 1.54) is 23.4 Å². The molecular formula is C15H19N3O5S. The molecule has 1 fully saturated rings. The number of benzene rings is 1. The molecule has 2 aliphatic rings. The van der Waals surface area contributed by atoms with Gasteiger partial charge in [-0.3, -0.25) is 9.59 Å². The smallest absolute Gasteiger partial charge is 0.262 e. The molecular weight excluding hydrogens is 334 g/mol. The van der Waals surface area contributed by atoms with Gasteiger partial charge in [-0.25, -0.2) is 8.42 Å². The van der Waals surface area contributed by atoms with Gasteiger partial charge in [-0.05, 0) is 24.6 Å². The van der Waals surface area contributed by atoms with Crippen LogP contribution in [0, 0.1) is 0 Å². The number of rotatable bonds is 2. The summed E-state index contributed by atoms with van der Waals surface area (Å²) >= 11 is 0. The summed E-state index contributed by atoms with van der Waals surface area (Å²) in [6, 6.07) is 4.43. The predicted molar refractivity (Wildman–Crippen MR) is 86.2 cm³/mol. The Labute approximate surface area is 140 Å². The minimum Gasteiger partial charge on any atom is -0.482 e. The second-order valence-electron chi connectivity index (χ2n) is 5.76.